The SMILES string of the molecule is COC/C=C/c1cc2c(cc1O[C@@H]1O[C@H](CO)[C@@H](O)[C@H](O)[C@H]1O)[C@@H](CO)[C@@H](c1ccc(O)c(OC)c1)O2. The third-order valence-electron chi connectivity index (χ3n) is 6.54. The third kappa shape index (κ3) is 5.39. The Hall–Kier alpha value is -2.90. The zero-order valence-electron chi connectivity index (χ0n) is 20.4. The number of hydrogen-bond donors (Lipinski definition) is 6. The minimum absolute atomic E-state index is 0.0249. The van der Waals surface area contributed by atoms with Crippen molar-refractivity contribution in [3.05, 3.63) is 53.1 Å². The Bertz CT molecular complexity index is 1100. The lowest BCUT2D eigenvalue weighted by molar-refractivity contribution is -0.277. The highest BCUT2D eigenvalue weighted by atomic mass is 16.7. The van der Waals surface area contributed by atoms with E-state index in [9.17, 15) is 30.6 Å². The number of aliphatic hydroxyl groups excluding tert-OH is 5. The maximum atomic E-state index is 10.5. The van der Waals surface area contributed by atoms with Crippen LogP contribution in [0.15, 0.2) is 36.4 Å². The zero-order valence-corrected chi connectivity index (χ0v) is 20.4. The van der Waals surface area contributed by atoms with Gasteiger partial charge in [-0.1, -0.05) is 18.2 Å². The first-order chi connectivity index (χ1) is 17.8. The highest BCUT2D eigenvalue weighted by molar-refractivity contribution is 5.64. The number of benzene rings is 2. The molecule has 11 nitrogen and oxygen atoms in total. The number of hydrogen-bond acceptors (Lipinski definition) is 11. The van der Waals surface area contributed by atoms with Gasteiger partial charge < -0.3 is 54.3 Å². The monoisotopic (exact) mass is 520 g/mol. The van der Waals surface area contributed by atoms with Crippen LogP contribution in [0, 0.1) is 0 Å². The summed E-state index contributed by atoms with van der Waals surface area (Å²) in [6.07, 6.45) is -4.36. The van der Waals surface area contributed by atoms with Gasteiger partial charge in [0.2, 0.25) is 6.29 Å². The molecule has 0 bridgehead atoms. The number of fused-ring (bicyclic) bond motifs is 1. The Labute approximate surface area is 213 Å². The van der Waals surface area contributed by atoms with E-state index in [1.54, 1.807) is 43.5 Å². The Morgan fingerprint density at radius 1 is 0.946 bits per heavy atom. The van der Waals surface area contributed by atoms with Crippen LogP contribution in [-0.2, 0) is 9.47 Å². The zero-order chi connectivity index (χ0) is 26.7. The molecule has 11 heteroatoms. The fourth-order valence-electron chi connectivity index (χ4n) is 4.52. The standard InChI is InChI=1S/C26H32O11/c1-33-7-3-4-13-8-19-15(10-18(13)36-26-24(32)23(31)22(30)21(12-28)37-26)16(11-27)25(35-19)14-5-6-17(29)20(9-14)34-2/h3-6,8-10,16,21-32H,7,11-12H2,1-2H3/b4-3+/t16-,21-,22-,23+,24-,25-,26-/m1/s1. The third-order valence-corrected chi connectivity index (χ3v) is 6.54. The first-order valence-electron chi connectivity index (χ1n) is 11.8. The number of aliphatic hydroxyl groups is 5. The van der Waals surface area contributed by atoms with Crippen LogP contribution in [0.2, 0.25) is 0 Å². The van der Waals surface area contributed by atoms with Gasteiger partial charge in [0.15, 0.2) is 11.5 Å². The molecule has 0 saturated carbocycles. The summed E-state index contributed by atoms with van der Waals surface area (Å²) in [5, 5.41) is 60.5. The number of phenolic OH excluding ortho intramolecular Hbond substituents is 1. The Morgan fingerprint density at radius 2 is 1.73 bits per heavy atom. The number of ether oxygens (including phenoxy) is 5. The topological polar surface area (TPSA) is 168 Å². The van der Waals surface area contributed by atoms with Crippen molar-refractivity contribution in [3.63, 3.8) is 0 Å². The van der Waals surface area contributed by atoms with Crippen molar-refractivity contribution in [3.8, 4) is 23.0 Å². The minimum atomic E-state index is -1.60. The van der Waals surface area contributed by atoms with Gasteiger partial charge in [-0.05, 0) is 29.8 Å². The second-order valence-electron chi connectivity index (χ2n) is 8.86. The number of rotatable bonds is 9. The summed E-state index contributed by atoms with van der Waals surface area (Å²) in [6.45, 7) is -0.542. The lowest BCUT2D eigenvalue weighted by Crippen LogP contribution is -2.60. The summed E-state index contributed by atoms with van der Waals surface area (Å²) in [7, 11) is 2.98. The maximum Gasteiger partial charge on any atom is 0.229 e. The molecule has 0 aromatic heterocycles. The molecule has 0 aliphatic carbocycles. The highest BCUT2D eigenvalue weighted by Gasteiger charge is 2.45. The molecule has 0 spiro atoms. The molecular formula is C26H32O11. The quantitative estimate of drug-likeness (QED) is 0.272. The molecule has 7 atom stereocenters. The van der Waals surface area contributed by atoms with Crippen LogP contribution in [0.4, 0.5) is 0 Å². The van der Waals surface area contributed by atoms with Crippen LogP contribution >= 0.6 is 0 Å². The van der Waals surface area contributed by atoms with Crippen LogP contribution in [0.3, 0.4) is 0 Å². The molecule has 0 unspecified atom stereocenters. The molecule has 1 saturated heterocycles. The first kappa shape index (κ1) is 27.1. The smallest absolute Gasteiger partial charge is 0.229 e. The van der Waals surface area contributed by atoms with Gasteiger partial charge in [0, 0.05) is 18.2 Å². The molecular weight excluding hydrogens is 488 g/mol. The van der Waals surface area contributed by atoms with Crippen LogP contribution in [-0.4, -0.2) is 95.4 Å². The van der Waals surface area contributed by atoms with Crippen molar-refractivity contribution in [1.29, 1.82) is 0 Å². The van der Waals surface area contributed by atoms with Crippen molar-refractivity contribution in [1.82, 2.24) is 0 Å². The van der Waals surface area contributed by atoms with Gasteiger partial charge in [-0.3, -0.25) is 0 Å². The molecule has 2 aromatic rings. The lowest BCUT2D eigenvalue weighted by Gasteiger charge is -2.39. The molecule has 6 N–H and O–H groups in total. The fourth-order valence-corrected chi connectivity index (χ4v) is 4.52. The molecule has 37 heavy (non-hydrogen) atoms. The van der Waals surface area contributed by atoms with Crippen LogP contribution in [0.25, 0.3) is 6.08 Å². The summed E-state index contributed by atoms with van der Waals surface area (Å²) in [4.78, 5) is 0. The lowest BCUT2D eigenvalue weighted by atomic mass is 9.91. The van der Waals surface area contributed by atoms with Gasteiger partial charge in [0.1, 0.15) is 42.0 Å². The van der Waals surface area contributed by atoms with Crippen molar-refractivity contribution in [2.75, 3.05) is 34.0 Å². The van der Waals surface area contributed by atoms with Gasteiger partial charge in [-0.25, -0.2) is 0 Å². The normalized spacial score (nSPS) is 29.2. The van der Waals surface area contributed by atoms with Gasteiger partial charge in [0.05, 0.1) is 32.8 Å². The van der Waals surface area contributed by atoms with E-state index in [2.05, 4.69) is 0 Å². The van der Waals surface area contributed by atoms with Crippen LogP contribution < -0.4 is 14.2 Å². The molecule has 202 valence electrons. The molecule has 0 amide bonds. The van der Waals surface area contributed by atoms with Crippen LogP contribution in [0.5, 0.6) is 23.0 Å². The van der Waals surface area contributed by atoms with E-state index in [1.165, 1.54) is 13.2 Å². The van der Waals surface area contributed by atoms with Gasteiger partial charge in [-0.2, -0.15) is 0 Å². The first-order valence-corrected chi connectivity index (χ1v) is 11.8. The van der Waals surface area contributed by atoms with E-state index in [4.69, 9.17) is 23.7 Å². The van der Waals surface area contributed by atoms with E-state index < -0.39 is 49.3 Å². The van der Waals surface area contributed by atoms with E-state index in [0.29, 0.717) is 29.0 Å². The second-order valence-corrected chi connectivity index (χ2v) is 8.86. The molecule has 2 aliphatic heterocycles. The molecule has 2 aromatic carbocycles. The molecule has 0 radical (unpaired) electrons. The Morgan fingerprint density at radius 3 is 2.41 bits per heavy atom. The van der Waals surface area contributed by atoms with E-state index >= 15 is 0 Å². The molecule has 2 aliphatic rings. The van der Waals surface area contributed by atoms with E-state index in [-0.39, 0.29) is 23.9 Å². The summed E-state index contributed by atoms with van der Waals surface area (Å²) in [6, 6.07) is 8.17. The summed E-state index contributed by atoms with van der Waals surface area (Å²) in [5.41, 5.74) is 1.84. The Kier molecular flexibility index (Phi) is 8.55. The molecule has 1 fully saturated rings. The summed E-state index contributed by atoms with van der Waals surface area (Å²) in [5.74, 6) is 0.487. The average Bonchev–Trinajstić information content (AvgIpc) is 3.26. The van der Waals surface area contributed by atoms with Crippen LogP contribution in [0.1, 0.15) is 28.7 Å². The number of aromatic hydroxyl groups is 1. The predicted molar refractivity (Wildman–Crippen MR) is 130 cm³/mol. The van der Waals surface area contributed by atoms with Crippen molar-refractivity contribution in [2.24, 2.45) is 0 Å². The minimum Gasteiger partial charge on any atom is -0.504 e. The Balaban J connectivity index is 1.70. The van der Waals surface area contributed by atoms with Gasteiger partial charge in [-0.15, -0.1) is 0 Å². The second kappa shape index (κ2) is 11.7. The fraction of sp³-hybridized carbons (Fsp3) is 0.462. The van der Waals surface area contributed by atoms with Crippen molar-refractivity contribution < 1.29 is 54.3 Å². The van der Waals surface area contributed by atoms with E-state index in [1.807, 2.05) is 0 Å². The molecule has 4 rings (SSSR count). The van der Waals surface area contributed by atoms with E-state index in [0.717, 1.165) is 0 Å². The highest BCUT2D eigenvalue weighted by Crippen LogP contribution is 2.49. The number of methoxy groups -OCH3 is 2. The molecule has 2 heterocycles. The maximum absolute atomic E-state index is 10.5. The van der Waals surface area contributed by atoms with Gasteiger partial charge >= 0.3 is 0 Å². The summed E-state index contributed by atoms with van der Waals surface area (Å²) >= 11 is 0. The largest absolute Gasteiger partial charge is 0.504 e. The predicted octanol–water partition coefficient (Wildman–Crippen LogP) is 0.449. The summed E-state index contributed by atoms with van der Waals surface area (Å²) < 4.78 is 28.0. The van der Waals surface area contributed by atoms with Crippen molar-refractivity contribution in [2.45, 2.75) is 42.7 Å². The number of phenols is 1. The van der Waals surface area contributed by atoms with Gasteiger partial charge in [0.25, 0.3) is 0 Å². The van der Waals surface area contributed by atoms with Crippen molar-refractivity contribution >= 4 is 6.08 Å². The average molecular weight is 521 g/mol.